The number of amides is 1. The molecule has 28 heavy (non-hydrogen) atoms. The Morgan fingerprint density at radius 1 is 1.29 bits per heavy atom. The minimum atomic E-state index is -0.627. The number of piperidine rings is 1. The van der Waals surface area contributed by atoms with Crippen molar-refractivity contribution in [3.8, 4) is 11.5 Å². The summed E-state index contributed by atoms with van der Waals surface area (Å²) in [5.74, 6) is 1.60. The van der Waals surface area contributed by atoms with Gasteiger partial charge in [0.1, 0.15) is 12.1 Å². The van der Waals surface area contributed by atoms with Gasteiger partial charge in [-0.2, -0.15) is 5.10 Å². The molecule has 152 valence electrons. The molecule has 1 unspecified atom stereocenters. The van der Waals surface area contributed by atoms with Crippen LogP contribution in [0.25, 0.3) is 0 Å². The van der Waals surface area contributed by atoms with Crippen molar-refractivity contribution in [1.82, 2.24) is 20.0 Å². The summed E-state index contributed by atoms with van der Waals surface area (Å²) in [5, 5.41) is 7.76. The Morgan fingerprint density at radius 3 is 2.71 bits per heavy atom. The molecule has 4 rings (SSSR count). The monoisotopic (exact) mass is 406 g/mol. The van der Waals surface area contributed by atoms with E-state index in [2.05, 4.69) is 10.4 Å². The van der Waals surface area contributed by atoms with Crippen LogP contribution >= 0.6 is 12.4 Å². The predicted octanol–water partition coefficient (Wildman–Crippen LogP) is 2.07. The van der Waals surface area contributed by atoms with Gasteiger partial charge >= 0.3 is 0 Å². The number of hydrogen-bond donors (Lipinski definition) is 1. The van der Waals surface area contributed by atoms with Gasteiger partial charge in [-0.25, -0.2) is 0 Å². The third kappa shape index (κ3) is 3.82. The van der Waals surface area contributed by atoms with Crippen LogP contribution in [0.5, 0.6) is 11.5 Å². The molecule has 2 aliphatic heterocycles. The largest absolute Gasteiger partial charge is 0.486 e. The highest BCUT2D eigenvalue weighted by Gasteiger charge is 2.44. The fourth-order valence-corrected chi connectivity index (χ4v) is 3.95. The maximum absolute atomic E-state index is 13.6. The van der Waals surface area contributed by atoms with Gasteiger partial charge in [-0.15, -0.1) is 12.4 Å². The molecular weight excluding hydrogens is 380 g/mol. The Hall–Kier alpha value is -2.25. The lowest BCUT2D eigenvalue weighted by atomic mass is 9.86. The maximum Gasteiger partial charge on any atom is 0.250 e. The van der Waals surface area contributed by atoms with Gasteiger partial charge in [0.2, 0.25) is 0 Å². The summed E-state index contributed by atoms with van der Waals surface area (Å²) in [7, 11) is 0. The molecule has 1 aromatic carbocycles. The van der Waals surface area contributed by atoms with Crippen molar-refractivity contribution in [2.75, 3.05) is 32.8 Å². The molecule has 0 bridgehead atoms. The number of rotatable bonds is 5. The molecule has 0 spiro atoms. The van der Waals surface area contributed by atoms with Crippen LogP contribution in [-0.2, 0) is 10.3 Å². The predicted molar refractivity (Wildman–Crippen MR) is 108 cm³/mol. The van der Waals surface area contributed by atoms with Crippen molar-refractivity contribution in [3.05, 3.63) is 42.7 Å². The Bertz CT molecular complexity index is 778. The van der Waals surface area contributed by atoms with Crippen molar-refractivity contribution < 1.29 is 14.3 Å². The number of para-hydroxylation sites is 2. The van der Waals surface area contributed by atoms with E-state index < -0.39 is 5.54 Å². The third-order valence-corrected chi connectivity index (χ3v) is 5.43. The first-order chi connectivity index (χ1) is 13.2. The molecule has 1 saturated heterocycles. The Kier molecular flexibility index (Phi) is 6.46. The normalized spacial score (nSPS) is 20.1. The first-order valence-corrected chi connectivity index (χ1v) is 9.61. The SMILES string of the molecule is CCN(CC1COc2ccccc2O1)C(=O)C1(n2cccn2)CCNCC1.Cl. The van der Waals surface area contributed by atoms with Gasteiger partial charge in [0.25, 0.3) is 5.91 Å². The molecule has 8 heteroatoms. The van der Waals surface area contributed by atoms with Crippen LogP contribution in [0.15, 0.2) is 42.7 Å². The van der Waals surface area contributed by atoms with Crippen LogP contribution in [0.1, 0.15) is 19.8 Å². The lowest BCUT2D eigenvalue weighted by Gasteiger charge is -2.41. The number of ether oxygens (including phenoxy) is 2. The molecule has 0 aliphatic carbocycles. The van der Waals surface area contributed by atoms with Crippen molar-refractivity contribution >= 4 is 18.3 Å². The van der Waals surface area contributed by atoms with Crippen molar-refractivity contribution in [2.45, 2.75) is 31.4 Å². The van der Waals surface area contributed by atoms with E-state index in [1.54, 1.807) is 6.20 Å². The summed E-state index contributed by atoms with van der Waals surface area (Å²) >= 11 is 0. The summed E-state index contributed by atoms with van der Waals surface area (Å²) in [4.78, 5) is 15.5. The third-order valence-electron chi connectivity index (χ3n) is 5.43. The van der Waals surface area contributed by atoms with Crippen LogP contribution in [0.2, 0.25) is 0 Å². The summed E-state index contributed by atoms with van der Waals surface area (Å²) in [6, 6.07) is 9.53. The van der Waals surface area contributed by atoms with Crippen LogP contribution < -0.4 is 14.8 Å². The molecule has 1 fully saturated rings. The molecule has 1 N–H and O–H groups in total. The van der Waals surface area contributed by atoms with E-state index in [9.17, 15) is 4.79 Å². The maximum atomic E-state index is 13.6. The van der Waals surface area contributed by atoms with E-state index in [1.807, 2.05) is 53.0 Å². The second-order valence-electron chi connectivity index (χ2n) is 7.07. The van der Waals surface area contributed by atoms with E-state index >= 15 is 0 Å². The summed E-state index contributed by atoms with van der Waals surface area (Å²) in [5.41, 5.74) is -0.627. The van der Waals surface area contributed by atoms with Crippen molar-refractivity contribution in [2.24, 2.45) is 0 Å². The number of carbonyl (C=O) groups excluding carboxylic acids is 1. The highest BCUT2D eigenvalue weighted by molar-refractivity contribution is 5.85. The fourth-order valence-electron chi connectivity index (χ4n) is 3.95. The lowest BCUT2D eigenvalue weighted by Crippen LogP contribution is -2.57. The summed E-state index contributed by atoms with van der Waals surface area (Å²) in [6.45, 7) is 5.18. The van der Waals surface area contributed by atoms with E-state index in [1.165, 1.54) is 0 Å². The second kappa shape index (κ2) is 8.84. The summed E-state index contributed by atoms with van der Waals surface area (Å²) < 4.78 is 13.7. The van der Waals surface area contributed by atoms with E-state index in [-0.39, 0.29) is 24.4 Å². The Labute approximate surface area is 171 Å². The number of carbonyl (C=O) groups is 1. The smallest absolute Gasteiger partial charge is 0.250 e. The molecule has 0 saturated carbocycles. The lowest BCUT2D eigenvalue weighted by molar-refractivity contribution is -0.144. The second-order valence-corrected chi connectivity index (χ2v) is 7.07. The molecule has 2 aromatic rings. The van der Waals surface area contributed by atoms with Crippen LogP contribution in [-0.4, -0.2) is 59.5 Å². The molecule has 1 aromatic heterocycles. The van der Waals surface area contributed by atoms with Gasteiger partial charge in [-0.3, -0.25) is 9.48 Å². The number of fused-ring (bicyclic) bond motifs is 1. The fraction of sp³-hybridized carbons (Fsp3) is 0.500. The Morgan fingerprint density at radius 2 is 2.04 bits per heavy atom. The van der Waals surface area contributed by atoms with Crippen LogP contribution in [0.4, 0.5) is 0 Å². The van der Waals surface area contributed by atoms with Gasteiger partial charge < -0.3 is 19.7 Å². The average Bonchev–Trinajstić information content (AvgIpc) is 3.27. The zero-order valence-electron chi connectivity index (χ0n) is 16.0. The standard InChI is InChI=1S/C20H26N4O3.ClH/c1-2-23(14-16-15-26-17-6-3-4-7-18(17)27-16)19(25)20(8-11-21-12-9-20)24-13-5-10-22-24;/h3-7,10,13,16,21H,2,8-9,11-12,14-15H2,1H3;1H. The topological polar surface area (TPSA) is 68.6 Å². The molecular formula is C20H27ClN4O3. The highest BCUT2D eigenvalue weighted by atomic mass is 35.5. The first kappa shape index (κ1) is 20.5. The zero-order valence-corrected chi connectivity index (χ0v) is 16.9. The summed E-state index contributed by atoms with van der Waals surface area (Å²) in [6.07, 6.45) is 4.92. The van der Waals surface area contributed by atoms with Gasteiger partial charge in [-0.05, 0) is 51.1 Å². The van der Waals surface area contributed by atoms with E-state index in [0.717, 1.165) is 37.4 Å². The van der Waals surface area contributed by atoms with Crippen LogP contribution in [0, 0.1) is 0 Å². The van der Waals surface area contributed by atoms with Crippen LogP contribution in [0.3, 0.4) is 0 Å². The number of hydrogen-bond acceptors (Lipinski definition) is 5. The molecule has 3 heterocycles. The van der Waals surface area contributed by atoms with Gasteiger partial charge in [0.15, 0.2) is 17.6 Å². The molecule has 1 amide bonds. The molecule has 2 aliphatic rings. The Balaban J connectivity index is 0.00000225. The minimum absolute atomic E-state index is 0. The first-order valence-electron chi connectivity index (χ1n) is 9.61. The van der Waals surface area contributed by atoms with Gasteiger partial charge in [0.05, 0.1) is 6.54 Å². The number of halogens is 1. The highest BCUT2D eigenvalue weighted by Crippen LogP contribution is 2.32. The number of benzene rings is 1. The average molecular weight is 407 g/mol. The van der Waals surface area contributed by atoms with E-state index in [4.69, 9.17) is 9.47 Å². The zero-order chi connectivity index (χ0) is 18.7. The van der Waals surface area contributed by atoms with Crippen molar-refractivity contribution in [1.29, 1.82) is 0 Å². The number of nitrogens with zero attached hydrogens (tertiary/aromatic N) is 3. The van der Waals surface area contributed by atoms with Gasteiger partial charge in [0, 0.05) is 18.9 Å². The number of aromatic nitrogens is 2. The van der Waals surface area contributed by atoms with Crippen molar-refractivity contribution in [3.63, 3.8) is 0 Å². The number of likely N-dealkylation sites (N-methyl/N-ethyl adjacent to an activating group) is 1. The quantitative estimate of drug-likeness (QED) is 0.823. The number of nitrogens with one attached hydrogen (secondary N) is 1. The molecule has 0 radical (unpaired) electrons. The minimum Gasteiger partial charge on any atom is -0.486 e. The molecule has 7 nitrogen and oxygen atoms in total. The van der Waals surface area contributed by atoms with Gasteiger partial charge in [-0.1, -0.05) is 12.1 Å². The van der Waals surface area contributed by atoms with E-state index in [0.29, 0.717) is 19.7 Å². The molecule has 1 atom stereocenters.